The van der Waals surface area contributed by atoms with E-state index in [-0.39, 0.29) is 0 Å². The van der Waals surface area contributed by atoms with E-state index >= 15 is 0 Å². The molecule has 0 heterocycles. The van der Waals surface area contributed by atoms with Gasteiger partial charge in [-0.15, -0.1) is 0 Å². The molecule has 0 aromatic heterocycles. The van der Waals surface area contributed by atoms with Crippen LogP contribution in [-0.4, -0.2) is 17.1 Å². The molecule has 108 valence electrons. The van der Waals surface area contributed by atoms with Crippen LogP contribution in [0.2, 0.25) is 0 Å². The molecular weight excluding hydrogens is 330 g/mol. The molecule has 21 heavy (non-hydrogen) atoms. The van der Waals surface area contributed by atoms with Crippen molar-refractivity contribution in [2.75, 3.05) is 5.32 Å². The second-order valence-corrected chi connectivity index (χ2v) is 6.36. The Labute approximate surface area is 132 Å². The van der Waals surface area contributed by atoms with Crippen LogP contribution in [0.1, 0.15) is 34.7 Å². The van der Waals surface area contributed by atoms with Crippen LogP contribution in [0.25, 0.3) is 0 Å². The number of carboxylic acid groups (broad SMARTS) is 1. The van der Waals surface area contributed by atoms with Gasteiger partial charge in [0.25, 0.3) is 0 Å². The smallest absolute Gasteiger partial charge is 0.335 e. The highest BCUT2D eigenvalue weighted by Crippen LogP contribution is 2.39. The normalized spacial score (nSPS) is 20.6. The van der Waals surface area contributed by atoms with Gasteiger partial charge in [0.2, 0.25) is 0 Å². The maximum atomic E-state index is 10.8. The minimum Gasteiger partial charge on any atom is -0.478 e. The summed E-state index contributed by atoms with van der Waals surface area (Å²) in [6, 6.07) is 15.9. The van der Waals surface area contributed by atoms with E-state index < -0.39 is 5.97 Å². The Hall–Kier alpha value is -1.81. The summed E-state index contributed by atoms with van der Waals surface area (Å²) in [6.07, 6.45) is 2.22. The van der Waals surface area contributed by atoms with Crippen LogP contribution < -0.4 is 5.32 Å². The van der Waals surface area contributed by atoms with Gasteiger partial charge in [-0.3, -0.25) is 0 Å². The summed E-state index contributed by atoms with van der Waals surface area (Å²) in [5.41, 5.74) is 2.68. The van der Waals surface area contributed by atoms with Crippen LogP contribution in [0.15, 0.2) is 53.0 Å². The van der Waals surface area contributed by atoms with Crippen LogP contribution in [0.5, 0.6) is 0 Å². The van der Waals surface area contributed by atoms with Crippen LogP contribution in [0, 0.1) is 0 Å². The third-order valence-electron chi connectivity index (χ3n) is 3.96. The fraction of sp³-hybridized carbons (Fsp3) is 0.235. The highest BCUT2D eigenvalue weighted by molar-refractivity contribution is 9.10. The zero-order valence-electron chi connectivity index (χ0n) is 11.4. The molecule has 3 rings (SSSR count). The molecule has 0 saturated heterocycles. The zero-order valence-corrected chi connectivity index (χ0v) is 13.0. The highest BCUT2D eigenvalue weighted by atomic mass is 79.9. The summed E-state index contributed by atoms with van der Waals surface area (Å²) < 4.78 is 1.13. The van der Waals surface area contributed by atoms with Gasteiger partial charge in [-0.1, -0.05) is 28.1 Å². The van der Waals surface area contributed by atoms with Crippen molar-refractivity contribution < 1.29 is 9.90 Å². The number of halogens is 1. The van der Waals surface area contributed by atoms with Crippen molar-refractivity contribution in [3.63, 3.8) is 0 Å². The van der Waals surface area contributed by atoms with E-state index in [2.05, 4.69) is 39.4 Å². The lowest BCUT2D eigenvalue weighted by Crippen LogP contribution is -2.33. The predicted molar refractivity (Wildman–Crippen MR) is 86.9 cm³/mol. The fourth-order valence-electron chi connectivity index (χ4n) is 2.71. The molecule has 0 bridgehead atoms. The zero-order chi connectivity index (χ0) is 14.8. The van der Waals surface area contributed by atoms with Crippen molar-refractivity contribution in [1.82, 2.24) is 0 Å². The SMILES string of the molecule is O=C(O)c1ccc(NC2CC(c3cccc(Br)c3)C2)cc1. The van der Waals surface area contributed by atoms with Gasteiger partial charge in [-0.2, -0.15) is 0 Å². The van der Waals surface area contributed by atoms with Crippen LogP contribution >= 0.6 is 15.9 Å². The van der Waals surface area contributed by atoms with Crippen molar-refractivity contribution >= 4 is 27.6 Å². The predicted octanol–water partition coefficient (Wildman–Crippen LogP) is 4.51. The van der Waals surface area contributed by atoms with E-state index in [0.29, 0.717) is 17.5 Å². The van der Waals surface area contributed by atoms with E-state index in [1.165, 1.54) is 5.56 Å². The number of benzene rings is 2. The average Bonchev–Trinajstić information content (AvgIpc) is 2.43. The maximum Gasteiger partial charge on any atom is 0.335 e. The fourth-order valence-corrected chi connectivity index (χ4v) is 3.13. The number of anilines is 1. The Kier molecular flexibility index (Phi) is 3.97. The van der Waals surface area contributed by atoms with Crippen LogP contribution in [0.3, 0.4) is 0 Å². The van der Waals surface area contributed by atoms with E-state index in [9.17, 15) is 4.79 Å². The molecular formula is C17H16BrNO2. The molecule has 0 radical (unpaired) electrons. The lowest BCUT2D eigenvalue weighted by molar-refractivity contribution is 0.0697. The third kappa shape index (κ3) is 3.27. The third-order valence-corrected chi connectivity index (χ3v) is 4.45. The summed E-state index contributed by atoms with van der Waals surface area (Å²) in [5.74, 6) is -0.279. The second-order valence-electron chi connectivity index (χ2n) is 5.45. The lowest BCUT2D eigenvalue weighted by atomic mass is 9.76. The number of hydrogen-bond acceptors (Lipinski definition) is 2. The second kappa shape index (κ2) is 5.90. The highest BCUT2D eigenvalue weighted by Gasteiger charge is 2.30. The van der Waals surface area contributed by atoms with E-state index in [1.54, 1.807) is 12.1 Å². The van der Waals surface area contributed by atoms with Gasteiger partial charge in [0, 0.05) is 16.2 Å². The van der Waals surface area contributed by atoms with E-state index in [0.717, 1.165) is 23.0 Å². The number of carbonyl (C=O) groups is 1. The molecule has 3 nitrogen and oxygen atoms in total. The van der Waals surface area contributed by atoms with E-state index in [4.69, 9.17) is 5.11 Å². The summed E-state index contributed by atoms with van der Waals surface area (Å²) in [7, 11) is 0. The van der Waals surface area contributed by atoms with Crippen LogP contribution in [0.4, 0.5) is 5.69 Å². The molecule has 2 aromatic rings. The number of aromatic carboxylic acids is 1. The number of nitrogens with one attached hydrogen (secondary N) is 1. The van der Waals surface area contributed by atoms with Crippen LogP contribution in [-0.2, 0) is 0 Å². The quantitative estimate of drug-likeness (QED) is 0.857. The first-order valence-corrected chi connectivity index (χ1v) is 7.76. The molecule has 0 spiro atoms. The van der Waals surface area contributed by atoms with Crippen molar-refractivity contribution in [3.8, 4) is 0 Å². The molecule has 0 aliphatic heterocycles. The van der Waals surface area contributed by atoms with Gasteiger partial charge in [-0.05, 0) is 60.7 Å². The van der Waals surface area contributed by atoms with Crippen molar-refractivity contribution in [3.05, 3.63) is 64.1 Å². The first-order valence-electron chi connectivity index (χ1n) is 6.97. The summed E-state index contributed by atoms with van der Waals surface area (Å²) >= 11 is 3.51. The first-order chi connectivity index (χ1) is 10.1. The Bertz CT molecular complexity index is 648. The summed E-state index contributed by atoms with van der Waals surface area (Å²) in [6.45, 7) is 0. The average molecular weight is 346 g/mol. The molecule has 1 fully saturated rings. The van der Waals surface area contributed by atoms with Crippen molar-refractivity contribution in [1.29, 1.82) is 0 Å². The molecule has 2 N–H and O–H groups in total. The Morgan fingerprint density at radius 3 is 2.48 bits per heavy atom. The molecule has 4 heteroatoms. The number of rotatable bonds is 4. The molecule has 1 aliphatic rings. The van der Waals surface area contributed by atoms with Crippen molar-refractivity contribution in [2.24, 2.45) is 0 Å². The monoisotopic (exact) mass is 345 g/mol. The molecule has 0 atom stereocenters. The standard InChI is InChI=1S/C17H16BrNO2/c18-14-3-1-2-12(8-14)13-9-16(10-13)19-15-6-4-11(5-7-15)17(20)21/h1-8,13,16,19H,9-10H2,(H,20,21). The van der Waals surface area contributed by atoms with E-state index in [1.807, 2.05) is 18.2 Å². The van der Waals surface area contributed by atoms with Gasteiger partial charge < -0.3 is 10.4 Å². The topological polar surface area (TPSA) is 49.3 Å². The first kappa shape index (κ1) is 14.1. The molecule has 2 aromatic carbocycles. The largest absolute Gasteiger partial charge is 0.478 e. The molecule has 0 amide bonds. The molecule has 1 aliphatic carbocycles. The van der Waals surface area contributed by atoms with Gasteiger partial charge in [0.1, 0.15) is 0 Å². The van der Waals surface area contributed by atoms with Gasteiger partial charge >= 0.3 is 5.97 Å². The minimum absolute atomic E-state index is 0.321. The maximum absolute atomic E-state index is 10.8. The summed E-state index contributed by atoms with van der Waals surface area (Å²) in [5, 5.41) is 12.3. The number of carboxylic acids is 1. The Morgan fingerprint density at radius 2 is 1.86 bits per heavy atom. The Morgan fingerprint density at radius 1 is 1.14 bits per heavy atom. The van der Waals surface area contributed by atoms with Crippen molar-refractivity contribution in [2.45, 2.75) is 24.8 Å². The van der Waals surface area contributed by atoms with Gasteiger partial charge in [0.05, 0.1) is 5.56 Å². The Balaban J connectivity index is 1.56. The number of hydrogen-bond donors (Lipinski definition) is 2. The molecule has 1 saturated carbocycles. The van der Waals surface area contributed by atoms with Gasteiger partial charge in [-0.25, -0.2) is 4.79 Å². The lowest BCUT2D eigenvalue weighted by Gasteiger charge is -2.37. The van der Waals surface area contributed by atoms with Gasteiger partial charge in [0.15, 0.2) is 0 Å². The molecule has 0 unspecified atom stereocenters. The summed E-state index contributed by atoms with van der Waals surface area (Å²) in [4.78, 5) is 10.8. The minimum atomic E-state index is -0.889.